The fraction of sp³-hybridized carbons (Fsp3) is 0.463. The molecule has 49 heavy (non-hydrogen) atoms. The van der Waals surface area contributed by atoms with Gasteiger partial charge in [0.05, 0.1) is 17.9 Å². The van der Waals surface area contributed by atoms with Crippen LogP contribution in [0.5, 0.6) is 5.75 Å². The van der Waals surface area contributed by atoms with Gasteiger partial charge in [0.25, 0.3) is 0 Å². The number of hydrogen-bond donors (Lipinski definition) is 2. The van der Waals surface area contributed by atoms with Crippen LogP contribution in [0, 0.1) is 17.8 Å². The van der Waals surface area contributed by atoms with Gasteiger partial charge in [-0.15, -0.1) is 0 Å². The molecule has 7 rings (SSSR count). The molecule has 3 aromatic rings. The SMILES string of the molecule is CCCC1=C2[C@@H](CC/C(=C/c3ccc(O)c4ccccc34)CC)OB(O)C[C@@H]2[C@@H]2C(=O)N(C3CCN(Cc4ccccc4)CC3)C(=O)[C@@H]2C1. The number of imide groups is 1. The maximum Gasteiger partial charge on any atom is 0.455 e. The molecule has 2 N–H and O–H groups in total. The molecule has 4 atom stereocenters. The lowest BCUT2D eigenvalue weighted by molar-refractivity contribution is -0.144. The second-order valence-electron chi connectivity index (χ2n) is 14.5. The summed E-state index contributed by atoms with van der Waals surface area (Å²) in [5.41, 5.74) is 6.06. The lowest BCUT2D eigenvalue weighted by atomic mass is 9.58. The van der Waals surface area contributed by atoms with Gasteiger partial charge in [0, 0.05) is 31.1 Å². The highest BCUT2D eigenvalue weighted by atomic mass is 16.5. The first-order valence-electron chi connectivity index (χ1n) is 18.4. The Morgan fingerprint density at radius 2 is 1.67 bits per heavy atom. The summed E-state index contributed by atoms with van der Waals surface area (Å²) in [5, 5.41) is 23.3. The molecule has 3 heterocycles. The van der Waals surface area contributed by atoms with E-state index >= 15 is 0 Å². The summed E-state index contributed by atoms with van der Waals surface area (Å²) >= 11 is 0. The Balaban J connectivity index is 1.09. The molecule has 3 saturated heterocycles. The Kier molecular flexibility index (Phi) is 10.1. The molecule has 3 aromatic carbocycles. The molecule has 2 amide bonds. The quantitative estimate of drug-likeness (QED) is 0.134. The zero-order valence-electron chi connectivity index (χ0n) is 28.9. The van der Waals surface area contributed by atoms with Gasteiger partial charge in [-0.3, -0.25) is 19.4 Å². The van der Waals surface area contributed by atoms with Crippen LogP contribution >= 0.6 is 0 Å². The van der Waals surface area contributed by atoms with Crippen LogP contribution in [0.1, 0.15) is 76.3 Å². The van der Waals surface area contributed by atoms with Crippen molar-refractivity contribution in [1.29, 1.82) is 0 Å². The Bertz CT molecular complexity index is 1750. The van der Waals surface area contributed by atoms with Crippen molar-refractivity contribution >= 4 is 35.8 Å². The molecule has 0 bridgehead atoms. The topological polar surface area (TPSA) is 90.3 Å². The molecule has 3 fully saturated rings. The van der Waals surface area contributed by atoms with E-state index in [-0.39, 0.29) is 41.5 Å². The van der Waals surface area contributed by atoms with Gasteiger partial charge in [0.2, 0.25) is 11.8 Å². The van der Waals surface area contributed by atoms with E-state index in [0.29, 0.717) is 19.2 Å². The van der Waals surface area contributed by atoms with E-state index < -0.39 is 13.0 Å². The number of nitrogens with zero attached hydrogens (tertiary/aromatic N) is 2. The molecule has 1 aliphatic carbocycles. The normalized spacial score (nSPS) is 25.3. The summed E-state index contributed by atoms with van der Waals surface area (Å²) in [7, 11) is -0.964. The first kappa shape index (κ1) is 33.8. The second kappa shape index (κ2) is 14.6. The van der Waals surface area contributed by atoms with Gasteiger partial charge in [-0.05, 0) is 85.3 Å². The lowest BCUT2D eigenvalue weighted by Gasteiger charge is -2.43. The van der Waals surface area contributed by atoms with E-state index in [1.54, 1.807) is 11.0 Å². The maximum atomic E-state index is 14.3. The number of fused-ring (bicyclic) bond motifs is 4. The highest BCUT2D eigenvalue weighted by Crippen LogP contribution is 2.52. The predicted molar refractivity (Wildman–Crippen MR) is 194 cm³/mol. The van der Waals surface area contributed by atoms with Crippen molar-refractivity contribution < 1.29 is 24.4 Å². The molecular formula is C41H49BN2O5. The molecule has 0 unspecified atom stereocenters. The van der Waals surface area contributed by atoms with Crippen molar-refractivity contribution in [1.82, 2.24) is 9.80 Å². The first-order chi connectivity index (χ1) is 23.9. The van der Waals surface area contributed by atoms with E-state index in [4.69, 9.17) is 4.65 Å². The predicted octanol–water partition coefficient (Wildman–Crippen LogP) is 7.38. The fourth-order valence-corrected chi connectivity index (χ4v) is 9.18. The van der Waals surface area contributed by atoms with E-state index in [1.807, 2.05) is 36.4 Å². The van der Waals surface area contributed by atoms with Crippen LogP contribution in [-0.2, 0) is 20.8 Å². The summed E-state index contributed by atoms with van der Waals surface area (Å²) in [6, 6.07) is 22.0. The first-order valence-corrected chi connectivity index (χ1v) is 18.4. The number of benzene rings is 3. The lowest BCUT2D eigenvalue weighted by Crippen LogP contribution is -2.48. The average Bonchev–Trinajstić information content (AvgIpc) is 3.37. The average molecular weight is 661 g/mol. The van der Waals surface area contributed by atoms with Crippen LogP contribution in [0.2, 0.25) is 6.32 Å². The Hall–Kier alpha value is -3.72. The van der Waals surface area contributed by atoms with Crippen molar-refractivity contribution in [3.8, 4) is 5.75 Å². The van der Waals surface area contributed by atoms with Crippen molar-refractivity contribution in [3.63, 3.8) is 0 Å². The van der Waals surface area contributed by atoms with Gasteiger partial charge >= 0.3 is 7.12 Å². The van der Waals surface area contributed by atoms with Crippen LogP contribution in [0.4, 0.5) is 0 Å². The van der Waals surface area contributed by atoms with E-state index in [9.17, 15) is 19.7 Å². The van der Waals surface area contributed by atoms with E-state index in [0.717, 1.165) is 74.5 Å². The Morgan fingerprint density at radius 3 is 2.41 bits per heavy atom. The smallest absolute Gasteiger partial charge is 0.455 e. The zero-order valence-corrected chi connectivity index (χ0v) is 28.9. The van der Waals surface area contributed by atoms with Gasteiger partial charge < -0.3 is 14.8 Å². The highest BCUT2D eigenvalue weighted by Gasteiger charge is 2.58. The number of carbonyl (C=O) groups is 2. The van der Waals surface area contributed by atoms with Crippen molar-refractivity contribution in [2.24, 2.45) is 17.8 Å². The molecule has 0 spiro atoms. The number of allylic oxidation sites excluding steroid dienone is 2. The van der Waals surface area contributed by atoms with Crippen molar-refractivity contribution in [3.05, 3.63) is 94.6 Å². The molecule has 0 saturated carbocycles. The second-order valence-corrected chi connectivity index (χ2v) is 14.5. The summed E-state index contributed by atoms with van der Waals surface area (Å²) < 4.78 is 6.30. The number of piperidine rings is 1. The number of rotatable bonds is 10. The van der Waals surface area contributed by atoms with Crippen LogP contribution in [0.3, 0.4) is 0 Å². The molecule has 256 valence electrons. The number of aromatic hydroxyl groups is 1. The number of likely N-dealkylation sites (tertiary alicyclic amines) is 2. The van der Waals surface area contributed by atoms with Gasteiger partial charge in [-0.25, -0.2) is 0 Å². The molecule has 8 heteroatoms. The molecule has 0 radical (unpaired) electrons. The van der Waals surface area contributed by atoms with Crippen molar-refractivity contribution in [2.75, 3.05) is 13.1 Å². The fourth-order valence-electron chi connectivity index (χ4n) is 9.18. The molecule has 0 aromatic heterocycles. The number of amides is 2. The largest absolute Gasteiger partial charge is 0.507 e. The number of phenols is 1. The summed E-state index contributed by atoms with van der Waals surface area (Å²) in [5.74, 6) is -0.695. The van der Waals surface area contributed by atoms with Gasteiger partial charge in [0.15, 0.2) is 0 Å². The van der Waals surface area contributed by atoms with Crippen LogP contribution in [0.25, 0.3) is 16.8 Å². The minimum absolute atomic E-state index is 0.000906. The van der Waals surface area contributed by atoms with Crippen LogP contribution in [-0.4, -0.2) is 64.1 Å². The number of phenolic OH excluding ortho intramolecular Hbond substituents is 1. The van der Waals surface area contributed by atoms with E-state index in [2.05, 4.69) is 49.1 Å². The monoisotopic (exact) mass is 660 g/mol. The van der Waals surface area contributed by atoms with Gasteiger partial charge in [0.1, 0.15) is 5.75 Å². The standard InChI is InChI=1S/C41H49BN2O5/c1-3-10-30-24-34-39(41(47)44(40(34)46)31-19-21-43(22-20-31)26-28-11-6-5-7-12-28)35-25-42(48)49-37(38(30)35)18-15-27(4-2)23-29-16-17-36(45)33-14-9-8-13-32(29)33/h5-9,11-14,16-17,23,31,34-35,37,39,45,48H,3-4,10,15,18-22,24-26H2,1-2H3/b27-23+/t34-,35+,37-,39-/m1/s1. The third-order valence-corrected chi connectivity index (χ3v) is 11.5. The minimum Gasteiger partial charge on any atom is -0.507 e. The van der Waals surface area contributed by atoms with Crippen LogP contribution in [0.15, 0.2) is 83.4 Å². The van der Waals surface area contributed by atoms with Crippen LogP contribution < -0.4 is 0 Å². The Labute approximate surface area is 290 Å². The number of carbonyl (C=O) groups excluding carboxylic acids is 2. The molecular weight excluding hydrogens is 611 g/mol. The molecule has 4 aliphatic rings. The summed E-state index contributed by atoms with van der Waals surface area (Å²) in [4.78, 5) is 32.5. The zero-order chi connectivity index (χ0) is 34.1. The summed E-state index contributed by atoms with van der Waals surface area (Å²) in [6.45, 7) is 6.93. The van der Waals surface area contributed by atoms with Crippen molar-refractivity contribution in [2.45, 2.75) is 90.2 Å². The molecule has 3 aliphatic heterocycles. The molecule has 7 nitrogen and oxygen atoms in total. The van der Waals surface area contributed by atoms with Gasteiger partial charge in [-0.1, -0.05) is 98.2 Å². The third-order valence-electron chi connectivity index (χ3n) is 11.5. The maximum absolute atomic E-state index is 14.3. The van der Waals surface area contributed by atoms with E-state index in [1.165, 1.54) is 22.3 Å². The minimum atomic E-state index is -0.964. The number of hydrogen-bond acceptors (Lipinski definition) is 6. The highest BCUT2D eigenvalue weighted by molar-refractivity contribution is 6.43. The third kappa shape index (κ3) is 6.75. The van der Waals surface area contributed by atoms with Gasteiger partial charge in [-0.2, -0.15) is 0 Å². The summed E-state index contributed by atoms with van der Waals surface area (Å²) in [6.07, 6.45) is 8.69. The Morgan fingerprint density at radius 1 is 0.939 bits per heavy atom.